The maximum atomic E-state index is 11.0. The first-order valence-electron chi connectivity index (χ1n) is 4.97. The predicted octanol–water partition coefficient (Wildman–Crippen LogP) is 0.783. The Bertz CT molecular complexity index is 366. The van der Waals surface area contributed by atoms with Crippen molar-refractivity contribution in [3.63, 3.8) is 0 Å². The lowest BCUT2D eigenvalue weighted by Gasteiger charge is -2.10. The second kappa shape index (κ2) is 5.97. The second-order valence-corrected chi connectivity index (χ2v) is 3.28. The van der Waals surface area contributed by atoms with Crippen LogP contribution in [0.5, 0.6) is 5.75 Å². The van der Waals surface area contributed by atoms with Gasteiger partial charge in [-0.3, -0.25) is 4.79 Å². The van der Waals surface area contributed by atoms with Crippen LogP contribution in [0.1, 0.15) is 16.8 Å². The van der Waals surface area contributed by atoms with Gasteiger partial charge in [-0.15, -0.1) is 0 Å². The molecule has 0 fully saturated rings. The molecular formula is C11H16N2O3. The lowest BCUT2D eigenvalue weighted by atomic mass is 10.1. The Balaban J connectivity index is 2.66. The van der Waals surface area contributed by atoms with Crippen LogP contribution >= 0.6 is 0 Å². The molecule has 1 amide bonds. The fourth-order valence-electron chi connectivity index (χ4n) is 1.27. The summed E-state index contributed by atoms with van der Waals surface area (Å²) in [7, 11) is 1.63. The third kappa shape index (κ3) is 3.13. The fraction of sp³-hybridized carbons (Fsp3) is 0.364. The molecule has 0 spiro atoms. The molecule has 0 aliphatic rings. The zero-order valence-corrected chi connectivity index (χ0v) is 9.23. The molecule has 0 unspecified atom stereocenters. The van der Waals surface area contributed by atoms with Crippen molar-refractivity contribution in [2.45, 2.75) is 6.42 Å². The number of rotatable bonds is 6. The Labute approximate surface area is 94.3 Å². The number of para-hydroxylation sites is 1. The summed E-state index contributed by atoms with van der Waals surface area (Å²) in [4.78, 5) is 11.0. The third-order valence-electron chi connectivity index (χ3n) is 2.08. The van der Waals surface area contributed by atoms with Crippen molar-refractivity contribution in [2.75, 3.05) is 26.1 Å². The molecule has 0 aliphatic carbocycles. The molecule has 1 rings (SSSR count). The predicted molar refractivity (Wildman–Crippen MR) is 61.4 cm³/mol. The van der Waals surface area contributed by atoms with E-state index in [1.54, 1.807) is 25.3 Å². The van der Waals surface area contributed by atoms with Gasteiger partial charge in [0.2, 0.25) is 0 Å². The molecule has 0 saturated carbocycles. The van der Waals surface area contributed by atoms with Crippen LogP contribution in [0.15, 0.2) is 18.2 Å². The molecule has 5 nitrogen and oxygen atoms in total. The summed E-state index contributed by atoms with van der Waals surface area (Å²) < 4.78 is 10.3. The Morgan fingerprint density at radius 2 is 2.12 bits per heavy atom. The number of methoxy groups -OCH3 is 1. The first kappa shape index (κ1) is 12.3. The van der Waals surface area contributed by atoms with Gasteiger partial charge in [-0.1, -0.05) is 6.07 Å². The van der Waals surface area contributed by atoms with Crippen molar-refractivity contribution in [3.8, 4) is 5.75 Å². The Kier molecular flexibility index (Phi) is 4.60. The highest BCUT2D eigenvalue weighted by Crippen LogP contribution is 2.24. The van der Waals surface area contributed by atoms with Crippen molar-refractivity contribution in [1.29, 1.82) is 0 Å². The molecule has 88 valence electrons. The van der Waals surface area contributed by atoms with Crippen LogP contribution in [0.25, 0.3) is 0 Å². The van der Waals surface area contributed by atoms with Crippen molar-refractivity contribution in [2.24, 2.45) is 5.73 Å². The normalized spacial score (nSPS) is 10.1. The maximum absolute atomic E-state index is 11.0. The first-order valence-corrected chi connectivity index (χ1v) is 4.97. The van der Waals surface area contributed by atoms with E-state index < -0.39 is 5.91 Å². The number of carbonyl (C=O) groups is 1. The van der Waals surface area contributed by atoms with Gasteiger partial charge < -0.3 is 20.9 Å². The van der Waals surface area contributed by atoms with Gasteiger partial charge in [0.1, 0.15) is 5.75 Å². The van der Waals surface area contributed by atoms with Crippen LogP contribution < -0.4 is 16.2 Å². The summed E-state index contributed by atoms with van der Waals surface area (Å²) >= 11 is 0. The van der Waals surface area contributed by atoms with Gasteiger partial charge >= 0.3 is 0 Å². The summed E-state index contributed by atoms with van der Waals surface area (Å²) in [5, 5.41) is 0. The van der Waals surface area contributed by atoms with Crippen molar-refractivity contribution >= 4 is 11.6 Å². The lowest BCUT2D eigenvalue weighted by molar-refractivity contribution is 0.100. The standard InChI is InChI=1S/C11H16N2O3/c1-15-6-3-7-16-9-5-2-4-8(10(9)12)11(13)14/h2,4-5H,3,6-7,12H2,1H3,(H2,13,14). The quantitative estimate of drug-likeness (QED) is 0.552. The van der Waals surface area contributed by atoms with Gasteiger partial charge in [0.15, 0.2) is 0 Å². The number of primary amides is 1. The second-order valence-electron chi connectivity index (χ2n) is 3.28. The van der Waals surface area contributed by atoms with Gasteiger partial charge in [-0.2, -0.15) is 0 Å². The molecular weight excluding hydrogens is 208 g/mol. The van der Waals surface area contributed by atoms with E-state index in [0.717, 1.165) is 6.42 Å². The van der Waals surface area contributed by atoms with Crippen LogP contribution in [-0.4, -0.2) is 26.2 Å². The van der Waals surface area contributed by atoms with Gasteiger partial charge in [0.25, 0.3) is 5.91 Å². The highest BCUT2D eigenvalue weighted by Gasteiger charge is 2.09. The number of carbonyl (C=O) groups excluding carboxylic acids is 1. The van der Waals surface area contributed by atoms with Crippen molar-refractivity contribution in [1.82, 2.24) is 0 Å². The van der Waals surface area contributed by atoms with Gasteiger partial charge in [0.05, 0.1) is 17.9 Å². The molecule has 1 aromatic carbocycles. The monoisotopic (exact) mass is 224 g/mol. The van der Waals surface area contributed by atoms with E-state index in [9.17, 15) is 4.79 Å². The highest BCUT2D eigenvalue weighted by molar-refractivity contribution is 5.99. The molecule has 16 heavy (non-hydrogen) atoms. The number of nitrogens with two attached hydrogens (primary N) is 2. The fourth-order valence-corrected chi connectivity index (χ4v) is 1.27. The van der Waals surface area contributed by atoms with Crippen LogP contribution in [-0.2, 0) is 4.74 Å². The molecule has 4 N–H and O–H groups in total. The van der Waals surface area contributed by atoms with E-state index in [0.29, 0.717) is 19.0 Å². The van der Waals surface area contributed by atoms with E-state index in [1.165, 1.54) is 0 Å². The Hall–Kier alpha value is -1.75. The molecule has 0 bridgehead atoms. The summed E-state index contributed by atoms with van der Waals surface area (Å²) in [6, 6.07) is 4.95. The SMILES string of the molecule is COCCCOc1cccc(C(N)=O)c1N. The first-order chi connectivity index (χ1) is 7.66. The van der Waals surface area contributed by atoms with Crippen molar-refractivity contribution in [3.05, 3.63) is 23.8 Å². The van der Waals surface area contributed by atoms with E-state index in [2.05, 4.69) is 0 Å². The number of anilines is 1. The maximum Gasteiger partial charge on any atom is 0.250 e. The largest absolute Gasteiger partial charge is 0.491 e. The van der Waals surface area contributed by atoms with E-state index >= 15 is 0 Å². The lowest BCUT2D eigenvalue weighted by Crippen LogP contribution is -2.14. The average Bonchev–Trinajstić information content (AvgIpc) is 2.26. The molecule has 0 heterocycles. The Morgan fingerprint density at radius 3 is 2.75 bits per heavy atom. The molecule has 0 atom stereocenters. The zero-order valence-electron chi connectivity index (χ0n) is 9.23. The zero-order chi connectivity index (χ0) is 12.0. The average molecular weight is 224 g/mol. The van der Waals surface area contributed by atoms with Crippen LogP contribution in [0.4, 0.5) is 5.69 Å². The smallest absolute Gasteiger partial charge is 0.250 e. The van der Waals surface area contributed by atoms with Gasteiger partial charge in [-0.25, -0.2) is 0 Å². The summed E-state index contributed by atoms with van der Waals surface area (Å²) in [5.74, 6) is -0.0766. The molecule has 0 radical (unpaired) electrons. The highest BCUT2D eigenvalue weighted by atomic mass is 16.5. The summed E-state index contributed by atoms with van der Waals surface area (Å²) in [5.41, 5.74) is 11.5. The van der Waals surface area contributed by atoms with Crippen LogP contribution in [0.2, 0.25) is 0 Å². The number of hydrogen-bond donors (Lipinski definition) is 2. The minimum absolute atomic E-state index is 0.282. The van der Waals surface area contributed by atoms with Gasteiger partial charge in [-0.05, 0) is 12.1 Å². The number of benzene rings is 1. The van der Waals surface area contributed by atoms with E-state index in [1.807, 2.05) is 0 Å². The molecule has 0 aliphatic heterocycles. The Morgan fingerprint density at radius 1 is 1.38 bits per heavy atom. The summed E-state index contributed by atoms with van der Waals surface area (Å²) in [6.45, 7) is 1.11. The summed E-state index contributed by atoms with van der Waals surface area (Å²) in [6.07, 6.45) is 0.761. The topological polar surface area (TPSA) is 87.6 Å². The van der Waals surface area contributed by atoms with Crippen molar-refractivity contribution < 1.29 is 14.3 Å². The van der Waals surface area contributed by atoms with Crippen LogP contribution in [0.3, 0.4) is 0 Å². The number of amides is 1. The third-order valence-corrected chi connectivity index (χ3v) is 2.08. The minimum atomic E-state index is -0.556. The van der Waals surface area contributed by atoms with Gasteiger partial charge in [0, 0.05) is 20.1 Å². The number of ether oxygens (including phenoxy) is 2. The molecule has 0 aromatic heterocycles. The molecule has 1 aromatic rings. The minimum Gasteiger partial charge on any atom is -0.491 e. The number of hydrogen-bond acceptors (Lipinski definition) is 4. The van der Waals surface area contributed by atoms with E-state index in [-0.39, 0.29) is 11.3 Å². The molecule has 5 heteroatoms. The van der Waals surface area contributed by atoms with E-state index in [4.69, 9.17) is 20.9 Å². The number of nitrogen functional groups attached to an aromatic ring is 1. The molecule has 0 saturated heterocycles. The van der Waals surface area contributed by atoms with Crippen LogP contribution in [0, 0.1) is 0 Å².